The number of hydrogen-bond acceptors (Lipinski definition) is 5. The number of hydrogen-bond donors (Lipinski definition) is 1. The largest absolute Gasteiger partial charge is 0.495 e. The molecule has 0 atom stereocenters. The summed E-state index contributed by atoms with van der Waals surface area (Å²) in [6.07, 6.45) is 0. The van der Waals surface area contributed by atoms with E-state index in [2.05, 4.69) is 5.32 Å². The molecule has 0 aliphatic heterocycles. The van der Waals surface area contributed by atoms with E-state index in [0.29, 0.717) is 27.6 Å². The second kappa shape index (κ2) is 9.67. The van der Waals surface area contributed by atoms with Gasteiger partial charge in [0.1, 0.15) is 5.75 Å². The zero-order valence-corrected chi connectivity index (χ0v) is 19.9. The molecule has 31 heavy (non-hydrogen) atoms. The molecule has 0 bridgehead atoms. The van der Waals surface area contributed by atoms with Gasteiger partial charge in [0, 0.05) is 31.7 Å². The zero-order valence-electron chi connectivity index (χ0n) is 18.3. The summed E-state index contributed by atoms with van der Waals surface area (Å²) >= 11 is 5.97. The Morgan fingerprint density at radius 3 is 2.32 bits per heavy atom. The SMILES string of the molecule is COc1ccc(Cl)cc1NC(=O)CN(C)C(=O)c1cc(C)c(C)c(S(=O)(=O)N(C)C)c1. The molecule has 0 fully saturated rings. The van der Waals surface area contributed by atoms with Gasteiger partial charge in [-0.1, -0.05) is 11.6 Å². The molecule has 0 aliphatic rings. The molecule has 0 radical (unpaired) electrons. The molecular formula is C21H26ClN3O5S. The number of nitrogens with zero attached hydrogens (tertiary/aromatic N) is 2. The number of ether oxygens (including phenoxy) is 1. The van der Waals surface area contributed by atoms with Gasteiger partial charge in [-0.15, -0.1) is 0 Å². The van der Waals surface area contributed by atoms with E-state index >= 15 is 0 Å². The van der Waals surface area contributed by atoms with E-state index in [0.717, 1.165) is 4.31 Å². The second-order valence-electron chi connectivity index (χ2n) is 7.26. The van der Waals surface area contributed by atoms with Crippen LogP contribution in [0, 0.1) is 13.8 Å². The molecule has 2 aromatic carbocycles. The Balaban J connectivity index is 2.25. The smallest absolute Gasteiger partial charge is 0.254 e. The van der Waals surface area contributed by atoms with Crippen LogP contribution in [-0.2, 0) is 14.8 Å². The van der Waals surface area contributed by atoms with Gasteiger partial charge in [0.25, 0.3) is 5.91 Å². The number of rotatable bonds is 7. The van der Waals surface area contributed by atoms with Crippen LogP contribution in [0.3, 0.4) is 0 Å². The maximum Gasteiger partial charge on any atom is 0.254 e. The maximum absolute atomic E-state index is 12.9. The number of methoxy groups -OCH3 is 1. The Bertz CT molecular complexity index is 1120. The van der Waals surface area contributed by atoms with Crippen LogP contribution in [0.5, 0.6) is 5.75 Å². The fourth-order valence-electron chi connectivity index (χ4n) is 2.89. The molecule has 0 saturated heterocycles. The third kappa shape index (κ3) is 5.55. The predicted octanol–water partition coefficient (Wildman–Crippen LogP) is 2.93. The Morgan fingerprint density at radius 2 is 1.74 bits per heavy atom. The minimum Gasteiger partial charge on any atom is -0.495 e. The van der Waals surface area contributed by atoms with Gasteiger partial charge in [0.05, 0.1) is 24.2 Å². The number of sulfonamides is 1. The van der Waals surface area contributed by atoms with Crippen molar-refractivity contribution in [3.8, 4) is 5.75 Å². The van der Waals surface area contributed by atoms with Crippen molar-refractivity contribution in [3.05, 3.63) is 52.0 Å². The van der Waals surface area contributed by atoms with Gasteiger partial charge in [-0.2, -0.15) is 0 Å². The van der Waals surface area contributed by atoms with Gasteiger partial charge in [-0.3, -0.25) is 9.59 Å². The highest BCUT2D eigenvalue weighted by Gasteiger charge is 2.24. The molecule has 168 valence electrons. The number of aryl methyl sites for hydroxylation is 1. The molecule has 0 unspecified atom stereocenters. The Morgan fingerprint density at radius 1 is 1.10 bits per heavy atom. The van der Waals surface area contributed by atoms with Crippen LogP contribution in [-0.4, -0.2) is 64.2 Å². The van der Waals surface area contributed by atoms with Gasteiger partial charge >= 0.3 is 0 Å². The first-order valence-corrected chi connectivity index (χ1v) is 11.1. The summed E-state index contributed by atoms with van der Waals surface area (Å²) in [4.78, 5) is 26.7. The fraction of sp³-hybridized carbons (Fsp3) is 0.333. The van der Waals surface area contributed by atoms with Crippen LogP contribution in [0.1, 0.15) is 21.5 Å². The lowest BCUT2D eigenvalue weighted by Crippen LogP contribution is -2.35. The minimum atomic E-state index is -3.73. The van der Waals surface area contributed by atoms with Crippen molar-refractivity contribution in [3.63, 3.8) is 0 Å². The lowest BCUT2D eigenvalue weighted by Gasteiger charge is -2.20. The van der Waals surface area contributed by atoms with Crippen molar-refractivity contribution in [2.45, 2.75) is 18.7 Å². The summed E-state index contributed by atoms with van der Waals surface area (Å²) in [6, 6.07) is 7.75. The molecule has 0 spiro atoms. The van der Waals surface area contributed by atoms with Gasteiger partial charge in [0.15, 0.2) is 0 Å². The number of nitrogens with one attached hydrogen (secondary N) is 1. The molecule has 2 rings (SSSR count). The van der Waals surface area contributed by atoms with Crippen molar-refractivity contribution >= 4 is 39.1 Å². The zero-order chi connectivity index (χ0) is 23.5. The number of anilines is 1. The Hall–Kier alpha value is -2.62. The highest BCUT2D eigenvalue weighted by molar-refractivity contribution is 7.89. The normalized spacial score (nSPS) is 11.4. The standard InChI is InChI=1S/C21H26ClN3O5S/c1-13-9-15(10-19(14(13)2)31(28,29)24(3)4)21(27)25(5)12-20(26)23-17-11-16(22)7-8-18(17)30-6/h7-11H,12H2,1-6H3,(H,23,26). The van der Waals surface area contributed by atoms with Gasteiger partial charge in [-0.25, -0.2) is 12.7 Å². The van der Waals surface area contributed by atoms with E-state index in [9.17, 15) is 18.0 Å². The minimum absolute atomic E-state index is 0.0577. The molecule has 8 nitrogen and oxygen atoms in total. The third-order valence-corrected chi connectivity index (χ3v) is 6.96. The molecule has 0 aromatic heterocycles. The molecule has 10 heteroatoms. The van der Waals surface area contributed by atoms with Crippen LogP contribution < -0.4 is 10.1 Å². The summed E-state index contributed by atoms with van der Waals surface area (Å²) in [5, 5.41) is 3.09. The van der Waals surface area contributed by atoms with E-state index in [-0.39, 0.29) is 17.0 Å². The molecule has 1 N–H and O–H groups in total. The van der Waals surface area contributed by atoms with E-state index in [4.69, 9.17) is 16.3 Å². The van der Waals surface area contributed by atoms with E-state index in [1.165, 1.54) is 39.2 Å². The Kier molecular flexibility index (Phi) is 7.69. The maximum atomic E-state index is 12.9. The first kappa shape index (κ1) is 24.6. The number of carbonyl (C=O) groups is 2. The fourth-order valence-corrected chi connectivity index (χ4v) is 4.28. The van der Waals surface area contributed by atoms with E-state index in [1.807, 2.05) is 0 Å². The summed E-state index contributed by atoms with van der Waals surface area (Å²) in [7, 11) is 2.06. The highest BCUT2D eigenvalue weighted by atomic mass is 35.5. The summed E-state index contributed by atoms with van der Waals surface area (Å²) < 4.78 is 31.6. The molecule has 0 aliphatic carbocycles. The van der Waals surface area contributed by atoms with Crippen LogP contribution in [0.15, 0.2) is 35.2 Å². The van der Waals surface area contributed by atoms with Crippen molar-refractivity contribution in [1.29, 1.82) is 0 Å². The topological polar surface area (TPSA) is 96.0 Å². The molecule has 2 amide bonds. The van der Waals surface area contributed by atoms with E-state index < -0.39 is 21.8 Å². The lowest BCUT2D eigenvalue weighted by molar-refractivity contribution is -0.116. The average molecular weight is 468 g/mol. The Labute approximate surface area is 187 Å². The first-order chi connectivity index (χ1) is 14.4. The number of benzene rings is 2. The molecular weight excluding hydrogens is 442 g/mol. The number of amides is 2. The van der Waals surface area contributed by atoms with Crippen molar-refractivity contribution in [2.75, 3.05) is 40.1 Å². The number of halogens is 1. The number of likely N-dealkylation sites (N-methyl/N-ethyl adjacent to an activating group) is 1. The molecule has 0 heterocycles. The van der Waals surface area contributed by atoms with Crippen molar-refractivity contribution in [1.82, 2.24) is 9.21 Å². The lowest BCUT2D eigenvalue weighted by atomic mass is 10.1. The van der Waals surface area contributed by atoms with Crippen molar-refractivity contribution < 1.29 is 22.7 Å². The summed E-state index contributed by atoms with van der Waals surface area (Å²) in [6.45, 7) is 3.17. The van der Waals surface area contributed by atoms with Gasteiger partial charge < -0.3 is 15.0 Å². The van der Waals surface area contributed by atoms with Crippen LogP contribution in [0.2, 0.25) is 5.02 Å². The van der Waals surface area contributed by atoms with E-state index in [1.54, 1.807) is 38.1 Å². The van der Waals surface area contributed by atoms with Gasteiger partial charge in [-0.05, 0) is 55.3 Å². The third-order valence-electron chi connectivity index (χ3n) is 4.79. The van der Waals surface area contributed by atoms with Crippen molar-refractivity contribution in [2.24, 2.45) is 0 Å². The predicted molar refractivity (Wildman–Crippen MR) is 120 cm³/mol. The average Bonchev–Trinajstić information content (AvgIpc) is 2.69. The molecule has 0 saturated carbocycles. The highest BCUT2D eigenvalue weighted by Crippen LogP contribution is 2.28. The molecule has 2 aromatic rings. The second-order valence-corrected chi connectivity index (χ2v) is 9.81. The van der Waals surface area contributed by atoms with Gasteiger partial charge in [0.2, 0.25) is 15.9 Å². The van der Waals surface area contributed by atoms with Crippen LogP contribution >= 0.6 is 11.6 Å². The van der Waals surface area contributed by atoms with Crippen LogP contribution in [0.4, 0.5) is 5.69 Å². The summed E-state index contributed by atoms with van der Waals surface area (Å²) in [5.41, 5.74) is 1.79. The number of carbonyl (C=O) groups excluding carboxylic acids is 2. The van der Waals surface area contributed by atoms with Crippen LogP contribution in [0.25, 0.3) is 0 Å². The quantitative estimate of drug-likeness (QED) is 0.675. The monoisotopic (exact) mass is 467 g/mol. The summed E-state index contributed by atoms with van der Waals surface area (Å²) in [5.74, 6) is -0.507. The first-order valence-electron chi connectivity index (χ1n) is 9.31.